The fraction of sp³-hybridized carbons (Fsp3) is 0.357. The number of benzene rings is 1. The van der Waals surface area contributed by atoms with Gasteiger partial charge in [0.05, 0.1) is 30.5 Å². The van der Waals surface area contributed by atoms with Crippen LogP contribution in [0.3, 0.4) is 0 Å². The van der Waals surface area contributed by atoms with E-state index in [0.717, 1.165) is 6.54 Å². The fourth-order valence-corrected chi connectivity index (χ4v) is 2.32. The molecule has 1 aliphatic rings. The van der Waals surface area contributed by atoms with E-state index in [9.17, 15) is 8.78 Å². The Morgan fingerprint density at radius 1 is 1.35 bits per heavy atom. The van der Waals surface area contributed by atoms with Gasteiger partial charge in [-0.1, -0.05) is 0 Å². The molecule has 1 N–H and O–H groups in total. The second-order valence-corrected chi connectivity index (χ2v) is 4.80. The van der Waals surface area contributed by atoms with E-state index in [1.807, 2.05) is 0 Å². The predicted molar refractivity (Wildman–Crippen MR) is 69.8 cm³/mol. The summed E-state index contributed by atoms with van der Waals surface area (Å²) >= 11 is 0. The number of hydrogen-bond acceptors (Lipinski definition) is 3. The summed E-state index contributed by atoms with van der Waals surface area (Å²) in [7, 11) is 0. The van der Waals surface area contributed by atoms with Crippen LogP contribution in [0.2, 0.25) is 0 Å². The number of halogens is 2. The number of nitrogens with zero attached hydrogens (tertiary/aromatic N) is 2. The Bertz CT molecular complexity index is 621. The zero-order valence-corrected chi connectivity index (χ0v) is 11.1. The lowest BCUT2D eigenvalue weighted by atomic mass is 10.2. The molecule has 0 aliphatic carbocycles. The van der Waals surface area contributed by atoms with E-state index in [-0.39, 0.29) is 17.4 Å². The smallest absolute Gasteiger partial charge is 0.147 e. The van der Waals surface area contributed by atoms with E-state index in [1.165, 1.54) is 30.0 Å². The molecule has 3 rings (SSSR count). The van der Waals surface area contributed by atoms with Gasteiger partial charge in [-0.05, 0) is 18.6 Å². The number of nitrogens with one attached hydrogen (secondary N) is 1. The molecule has 1 aromatic heterocycles. The highest BCUT2D eigenvalue weighted by atomic mass is 19.1. The highest BCUT2D eigenvalue weighted by Crippen LogP contribution is 2.25. The zero-order chi connectivity index (χ0) is 14.1. The van der Waals surface area contributed by atoms with Crippen molar-refractivity contribution < 1.29 is 13.5 Å². The molecule has 4 nitrogen and oxygen atoms in total. The Balaban J connectivity index is 2.03. The maximum atomic E-state index is 14.1. The molecule has 106 valence electrons. The van der Waals surface area contributed by atoms with E-state index < -0.39 is 11.6 Å². The third kappa shape index (κ3) is 2.32. The molecule has 1 fully saturated rings. The highest BCUT2D eigenvalue weighted by Gasteiger charge is 2.21. The van der Waals surface area contributed by atoms with Gasteiger partial charge in [0.2, 0.25) is 0 Å². The Labute approximate surface area is 115 Å². The van der Waals surface area contributed by atoms with E-state index in [2.05, 4.69) is 10.3 Å². The minimum Gasteiger partial charge on any atom is -0.369 e. The van der Waals surface area contributed by atoms with Crippen molar-refractivity contribution in [2.75, 3.05) is 19.7 Å². The first-order valence-corrected chi connectivity index (χ1v) is 6.47. The summed E-state index contributed by atoms with van der Waals surface area (Å²) < 4.78 is 34.9. The van der Waals surface area contributed by atoms with Crippen LogP contribution in [0.25, 0.3) is 5.69 Å². The topological polar surface area (TPSA) is 39.1 Å². The van der Waals surface area contributed by atoms with Crippen molar-refractivity contribution in [1.82, 2.24) is 14.9 Å². The van der Waals surface area contributed by atoms with Crippen molar-refractivity contribution >= 4 is 0 Å². The lowest BCUT2D eigenvalue weighted by molar-refractivity contribution is 0.0240. The van der Waals surface area contributed by atoms with Gasteiger partial charge < -0.3 is 10.1 Å². The van der Waals surface area contributed by atoms with Gasteiger partial charge in [0, 0.05) is 19.2 Å². The molecule has 6 heteroatoms. The van der Waals surface area contributed by atoms with Crippen molar-refractivity contribution in [2.45, 2.75) is 13.0 Å². The third-order valence-electron chi connectivity index (χ3n) is 3.41. The van der Waals surface area contributed by atoms with Crippen LogP contribution in [-0.2, 0) is 4.74 Å². The van der Waals surface area contributed by atoms with Crippen LogP contribution < -0.4 is 5.32 Å². The largest absolute Gasteiger partial charge is 0.369 e. The molecule has 2 heterocycles. The predicted octanol–water partition coefficient (Wildman–Crippen LogP) is 2.12. The van der Waals surface area contributed by atoms with Crippen LogP contribution in [0.1, 0.15) is 17.4 Å². The van der Waals surface area contributed by atoms with E-state index in [4.69, 9.17) is 4.74 Å². The van der Waals surface area contributed by atoms with E-state index >= 15 is 0 Å². The second kappa shape index (κ2) is 5.30. The van der Waals surface area contributed by atoms with Crippen molar-refractivity contribution in [1.29, 1.82) is 0 Å². The normalized spacial score (nSPS) is 19.2. The minimum atomic E-state index is -0.480. The van der Waals surface area contributed by atoms with Crippen molar-refractivity contribution in [2.24, 2.45) is 0 Å². The molecule has 0 bridgehead atoms. The average Bonchev–Trinajstić information content (AvgIpc) is 2.93. The Morgan fingerprint density at radius 2 is 2.20 bits per heavy atom. The fourth-order valence-electron chi connectivity index (χ4n) is 2.32. The maximum absolute atomic E-state index is 14.1. The number of imidazole rings is 1. The van der Waals surface area contributed by atoms with E-state index in [1.54, 1.807) is 6.20 Å². The number of rotatable bonds is 2. The number of aryl methyl sites for hydroxylation is 1. The minimum absolute atomic E-state index is 0.148. The molecule has 0 saturated carbocycles. The van der Waals surface area contributed by atoms with Crippen LogP contribution in [-0.4, -0.2) is 29.2 Å². The summed E-state index contributed by atoms with van der Waals surface area (Å²) in [6.07, 6.45) is 2.88. The van der Waals surface area contributed by atoms with Crippen molar-refractivity contribution in [3.05, 3.63) is 47.5 Å². The highest BCUT2D eigenvalue weighted by molar-refractivity contribution is 5.39. The molecular formula is C14H15F2N3O. The second-order valence-electron chi connectivity index (χ2n) is 4.80. The Hall–Kier alpha value is -1.79. The Morgan fingerprint density at radius 3 is 2.95 bits per heavy atom. The average molecular weight is 279 g/mol. The molecular weight excluding hydrogens is 264 g/mol. The number of ether oxygens (including phenoxy) is 1. The first-order chi connectivity index (χ1) is 9.66. The number of aromatic nitrogens is 2. The van der Waals surface area contributed by atoms with Crippen LogP contribution in [0.15, 0.2) is 24.7 Å². The summed E-state index contributed by atoms with van der Waals surface area (Å²) in [4.78, 5) is 4.03. The quantitative estimate of drug-likeness (QED) is 0.915. The van der Waals surface area contributed by atoms with Gasteiger partial charge in [0.15, 0.2) is 0 Å². The van der Waals surface area contributed by atoms with Crippen LogP contribution in [0.5, 0.6) is 0 Å². The lowest BCUT2D eigenvalue weighted by Crippen LogP contribution is -2.34. The van der Waals surface area contributed by atoms with Crippen molar-refractivity contribution in [3.8, 4) is 5.69 Å². The summed E-state index contributed by atoms with van der Waals surface area (Å²) in [6.45, 7) is 3.53. The molecule has 0 spiro atoms. The summed E-state index contributed by atoms with van der Waals surface area (Å²) in [5, 5.41) is 3.20. The number of morpholine rings is 1. The van der Waals surface area contributed by atoms with Gasteiger partial charge in [-0.15, -0.1) is 0 Å². The van der Waals surface area contributed by atoms with Gasteiger partial charge in [0.1, 0.15) is 17.7 Å². The van der Waals surface area contributed by atoms with Gasteiger partial charge >= 0.3 is 0 Å². The van der Waals surface area contributed by atoms with E-state index in [0.29, 0.717) is 18.8 Å². The lowest BCUT2D eigenvalue weighted by Gasteiger charge is -2.24. The molecule has 1 unspecified atom stereocenters. The summed E-state index contributed by atoms with van der Waals surface area (Å²) in [6, 6.07) is 2.38. The Kier molecular flexibility index (Phi) is 3.50. The standard InChI is InChI=1S/C14H15F2N3O/c1-9-4-11(16)12(5-10(9)15)19-8-18-6-13(19)14-7-17-2-3-20-14/h4-6,8,14,17H,2-3,7H2,1H3. The van der Waals surface area contributed by atoms with Crippen LogP contribution >= 0.6 is 0 Å². The summed E-state index contributed by atoms with van der Waals surface area (Å²) in [5.41, 5.74) is 1.14. The third-order valence-corrected chi connectivity index (χ3v) is 3.41. The van der Waals surface area contributed by atoms with Gasteiger partial charge in [-0.2, -0.15) is 0 Å². The number of hydrogen-bond donors (Lipinski definition) is 1. The zero-order valence-electron chi connectivity index (χ0n) is 11.1. The molecule has 1 saturated heterocycles. The van der Waals surface area contributed by atoms with Crippen molar-refractivity contribution in [3.63, 3.8) is 0 Å². The first-order valence-electron chi connectivity index (χ1n) is 6.47. The van der Waals surface area contributed by atoms with Gasteiger partial charge in [-0.25, -0.2) is 13.8 Å². The van der Waals surface area contributed by atoms with Crippen LogP contribution in [0.4, 0.5) is 8.78 Å². The summed E-state index contributed by atoms with van der Waals surface area (Å²) in [5.74, 6) is -0.921. The molecule has 1 atom stereocenters. The molecule has 1 aromatic carbocycles. The maximum Gasteiger partial charge on any atom is 0.147 e. The first kappa shape index (κ1) is 13.2. The SMILES string of the molecule is Cc1cc(F)c(-n2cncc2C2CNCCO2)cc1F. The molecule has 20 heavy (non-hydrogen) atoms. The molecule has 1 aliphatic heterocycles. The molecule has 2 aromatic rings. The van der Waals surface area contributed by atoms with Gasteiger partial charge in [0.25, 0.3) is 0 Å². The van der Waals surface area contributed by atoms with Crippen LogP contribution in [0, 0.1) is 18.6 Å². The molecule has 0 radical (unpaired) electrons. The van der Waals surface area contributed by atoms with Gasteiger partial charge in [-0.3, -0.25) is 4.57 Å². The molecule has 0 amide bonds. The monoisotopic (exact) mass is 279 g/mol.